The Morgan fingerprint density at radius 1 is 1.17 bits per heavy atom. The molecular formula is C26H24BrN5O4. The summed E-state index contributed by atoms with van der Waals surface area (Å²) in [6.07, 6.45) is 3.13. The van der Waals surface area contributed by atoms with E-state index in [-0.39, 0.29) is 18.2 Å². The average Bonchev–Trinajstić information content (AvgIpc) is 3.60. The topological polar surface area (TPSA) is 121 Å². The lowest BCUT2D eigenvalue weighted by Crippen LogP contribution is -2.38. The van der Waals surface area contributed by atoms with Crippen molar-refractivity contribution in [2.75, 3.05) is 18.2 Å². The van der Waals surface area contributed by atoms with Crippen molar-refractivity contribution in [1.82, 2.24) is 14.9 Å². The minimum absolute atomic E-state index is 0.0551. The lowest BCUT2D eigenvalue weighted by Gasteiger charge is -2.27. The number of amides is 1. The van der Waals surface area contributed by atoms with E-state index in [1.165, 1.54) is 5.01 Å². The third kappa shape index (κ3) is 4.92. The molecule has 1 atom stereocenters. The number of nitrogens with one attached hydrogen (secondary N) is 2. The van der Waals surface area contributed by atoms with Crippen LogP contribution in [0.1, 0.15) is 11.3 Å². The first-order valence-electron chi connectivity index (χ1n) is 11.3. The molecule has 0 saturated carbocycles. The number of ether oxygens (including phenoxy) is 1. The quantitative estimate of drug-likeness (QED) is 0.174. The van der Waals surface area contributed by atoms with Gasteiger partial charge in [0.05, 0.1) is 23.0 Å². The fourth-order valence-electron chi connectivity index (χ4n) is 4.16. The van der Waals surface area contributed by atoms with Gasteiger partial charge in [0.1, 0.15) is 12.4 Å². The van der Waals surface area contributed by atoms with E-state index >= 15 is 0 Å². The van der Waals surface area contributed by atoms with Crippen LogP contribution >= 0.6 is 15.9 Å². The van der Waals surface area contributed by atoms with E-state index in [1.54, 1.807) is 29.5 Å². The monoisotopic (exact) mass is 549 g/mol. The van der Waals surface area contributed by atoms with Gasteiger partial charge >= 0.3 is 5.69 Å². The van der Waals surface area contributed by atoms with E-state index in [9.17, 15) is 9.59 Å². The predicted octanol–water partition coefficient (Wildman–Crippen LogP) is 3.92. The van der Waals surface area contributed by atoms with Crippen LogP contribution in [0.25, 0.3) is 16.6 Å². The Hall–Kier alpha value is -3.86. The number of benzene rings is 2. The standard InChI is InChI=1S/C26H24BrN5O4/c1-16(23-3-2-12-35-23)20(14-32(28)19-7-5-18(27)6-8-19)25-31(24(33)15-36-25)11-10-17-4-9-21-22(13-17)30-26(34)29-21/h2-9,12-14,25H,1,10-11,15,28H2,(H2,29,30,34)/b20-14+. The Kier molecular flexibility index (Phi) is 6.64. The molecule has 1 saturated heterocycles. The van der Waals surface area contributed by atoms with Crippen molar-refractivity contribution in [1.29, 1.82) is 0 Å². The Morgan fingerprint density at radius 3 is 2.69 bits per heavy atom. The van der Waals surface area contributed by atoms with Gasteiger partial charge in [0.25, 0.3) is 5.91 Å². The van der Waals surface area contributed by atoms with E-state index < -0.39 is 6.23 Å². The van der Waals surface area contributed by atoms with Crippen LogP contribution < -0.4 is 16.5 Å². The summed E-state index contributed by atoms with van der Waals surface area (Å²) >= 11 is 3.43. The molecule has 1 amide bonds. The molecule has 0 radical (unpaired) electrons. The summed E-state index contributed by atoms with van der Waals surface area (Å²) in [6, 6.07) is 16.8. The van der Waals surface area contributed by atoms with Crippen molar-refractivity contribution in [3.8, 4) is 0 Å². The molecule has 1 aliphatic rings. The van der Waals surface area contributed by atoms with Gasteiger partial charge in [-0.25, -0.2) is 10.6 Å². The second-order valence-electron chi connectivity index (χ2n) is 8.38. The zero-order valence-electron chi connectivity index (χ0n) is 19.2. The number of hydrogen-bond donors (Lipinski definition) is 3. The van der Waals surface area contributed by atoms with Gasteiger partial charge in [-0.05, 0) is 60.5 Å². The molecule has 10 heteroatoms. The van der Waals surface area contributed by atoms with Gasteiger partial charge < -0.3 is 24.0 Å². The van der Waals surface area contributed by atoms with Gasteiger partial charge in [-0.3, -0.25) is 9.80 Å². The summed E-state index contributed by atoms with van der Waals surface area (Å²) in [5.41, 5.74) is 4.08. The number of nitrogens with two attached hydrogens (primary N) is 1. The van der Waals surface area contributed by atoms with E-state index in [2.05, 4.69) is 32.5 Å². The second-order valence-corrected chi connectivity index (χ2v) is 9.30. The molecule has 184 valence electrons. The fourth-order valence-corrected chi connectivity index (χ4v) is 4.42. The van der Waals surface area contributed by atoms with Crippen LogP contribution in [-0.2, 0) is 16.0 Å². The Labute approximate surface area is 214 Å². The van der Waals surface area contributed by atoms with Crippen LogP contribution in [0.15, 0.2) is 92.9 Å². The van der Waals surface area contributed by atoms with Crippen molar-refractivity contribution in [2.24, 2.45) is 5.84 Å². The summed E-state index contributed by atoms with van der Waals surface area (Å²) in [5, 5.41) is 1.47. The molecule has 2 aromatic carbocycles. The number of hydrazine groups is 1. The molecule has 1 fully saturated rings. The molecule has 1 unspecified atom stereocenters. The predicted molar refractivity (Wildman–Crippen MR) is 141 cm³/mol. The highest BCUT2D eigenvalue weighted by Gasteiger charge is 2.36. The van der Waals surface area contributed by atoms with Gasteiger partial charge in [0, 0.05) is 28.4 Å². The molecule has 1 aliphatic heterocycles. The third-order valence-corrected chi connectivity index (χ3v) is 6.55. The SMILES string of the molecule is C=C(/C(=C\N(N)c1ccc(Br)cc1)C1OCC(=O)N1CCc1ccc2[nH]c(=O)[nH]c2c1)c1ccco1. The molecule has 9 nitrogen and oxygen atoms in total. The van der Waals surface area contributed by atoms with Crippen molar-refractivity contribution < 1.29 is 13.9 Å². The largest absolute Gasteiger partial charge is 0.464 e. The van der Waals surface area contributed by atoms with Crippen molar-refractivity contribution in [2.45, 2.75) is 12.6 Å². The summed E-state index contributed by atoms with van der Waals surface area (Å²) in [6.45, 7) is 4.55. The molecule has 36 heavy (non-hydrogen) atoms. The van der Waals surface area contributed by atoms with Gasteiger partial charge in [0.15, 0.2) is 6.23 Å². The number of carbonyl (C=O) groups is 1. The van der Waals surface area contributed by atoms with Crippen LogP contribution in [0.4, 0.5) is 5.69 Å². The molecule has 0 aliphatic carbocycles. The molecule has 2 aromatic heterocycles. The zero-order valence-corrected chi connectivity index (χ0v) is 20.8. The number of imidazole rings is 1. The Balaban J connectivity index is 1.43. The number of rotatable bonds is 8. The van der Waals surface area contributed by atoms with Gasteiger partial charge in [-0.2, -0.15) is 0 Å². The number of halogens is 1. The zero-order chi connectivity index (χ0) is 25.2. The van der Waals surface area contributed by atoms with Gasteiger partial charge in [-0.15, -0.1) is 0 Å². The normalized spacial score (nSPS) is 16.2. The number of carbonyl (C=O) groups excluding carboxylic acids is 1. The first-order valence-corrected chi connectivity index (χ1v) is 12.0. The van der Waals surface area contributed by atoms with Crippen LogP contribution in [0.3, 0.4) is 0 Å². The second kappa shape index (κ2) is 10.0. The number of furan rings is 1. The molecule has 5 rings (SSSR count). The number of aromatic amines is 2. The summed E-state index contributed by atoms with van der Waals surface area (Å²) in [4.78, 5) is 31.6. The lowest BCUT2D eigenvalue weighted by molar-refractivity contribution is -0.127. The van der Waals surface area contributed by atoms with Gasteiger partial charge in [-0.1, -0.05) is 28.6 Å². The highest BCUT2D eigenvalue weighted by Crippen LogP contribution is 2.31. The highest BCUT2D eigenvalue weighted by molar-refractivity contribution is 9.10. The maximum atomic E-state index is 12.8. The number of hydrogen-bond acceptors (Lipinski definition) is 6. The first kappa shape index (κ1) is 23.9. The number of anilines is 1. The number of nitrogens with zero attached hydrogens (tertiary/aromatic N) is 2. The lowest BCUT2D eigenvalue weighted by atomic mass is 10.0. The van der Waals surface area contributed by atoms with Crippen molar-refractivity contribution in [3.63, 3.8) is 0 Å². The van der Waals surface area contributed by atoms with Crippen LogP contribution in [0.2, 0.25) is 0 Å². The van der Waals surface area contributed by atoms with Gasteiger partial charge in [0.2, 0.25) is 0 Å². The molecule has 0 spiro atoms. The highest BCUT2D eigenvalue weighted by atomic mass is 79.9. The number of H-pyrrole nitrogens is 2. The third-order valence-electron chi connectivity index (χ3n) is 6.03. The Morgan fingerprint density at radius 2 is 1.94 bits per heavy atom. The maximum Gasteiger partial charge on any atom is 0.323 e. The van der Waals surface area contributed by atoms with Crippen LogP contribution in [0, 0.1) is 0 Å². The molecule has 0 bridgehead atoms. The molecule has 4 aromatic rings. The molecule has 4 N–H and O–H groups in total. The van der Waals surface area contributed by atoms with Crippen LogP contribution in [-0.4, -0.2) is 40.2 Å². The van der Waals surface area contributed by atoms with E-state index in [0.29, 0.717) is 29.9 Å². The van der Waals surface area contributed by atoms with Crippen LogP contribution in [0.5, 0.6) is 0 Å². The average molecular weight is 550 g/mol. The van der Waals surface area contributed by atoms with Crippen molar-refractivity contribution >= 4 is 44.1 Å². The summed E-state index contributed by atoms with van der Waals surface area (Å²) < 4.78 is 12.4. The minimum Gasteiger partial charge on any atom is -0.464 e. The maximum absolute atomic E-state index is 12.8. The fraction of sp³-hybridized carbons (Fsp3) is 0.154. The van der Waals surface area contributed by atoms with E-state index in [4.69, 9.17) is 15.0 Å². The number of fused-ring (bicyclic) bond motifs is 1. The van der Waals surface area contributed by atoms with E-state index in [0.717, 1.165) is 26.8 Å². The smallest absolute Gasteiger partial charge is 0.323 e. The first-order chi connectivity index (χ1) is 17.4. The minimum atomic E-state index is -0.701. The number of aromatic nitrogens is 2. The molecular weight excluding hydrogens is 526 g/mol. The summed E-state index contributed by atoms with van der Waals surface area (Å²) in [5.74, 6) is 6.80. The molecule has 3 heterocycles. The van der Waals surface area contributed by atoms with E-state index in [1.807, 2.05) is 42.5 Å². The Bertz CT molecular complexity index is 1490. The summed E-state index contributed by atoms with van der Waals surface area (Å²) in [7, 11) is 0. The van der Waals surface area contributed by atoms with Crippen molar-refractivity contribution in [3.05, 3.63) is 105 Å².